The minimum absolute atomic E-state index is 0.00706. The molecule has 0 aromatic carbocycles. The summed E-state index contributed by atoms with van der Waals surface area (Å²) in [5.41, 5.74) is 1.46. The number of anilines is 1. The van der Waals surface area contributed by atoms with Crippen molar-refractivity contribution in [1.82, 2.24) is 14.8 Å². The van der Waals surface area contributed by atoms with Gasteiger partial charge in [-0.3, -0.25) is 4.79 Å². The van der Waals surface area contributed by atoms with Gasteiger partial charge in [-0.1, -0.05) is 13.8 Å². The second kappa shape index (κ2) is 9.99. The standard InChI is InChI=1S/C19H30N4O3/c1-4-9-22(10-5-2)18(24)17-8-7-16(15-20-17)21-11-13-23(14-12-21)19(25)26-6-3/h7-8,15H,4-6,9-14H2,1-3H3. The number of piperazine rings is 1. The minimum Gasteiger partial charge on any atom is -0.450 e. The molecule has 0 bridgehead atoms. The number of hydrogen-bond donors (Lipinski definition) is 0. The van der Waals surface area contributed by atoms with Crippen molar-refractivity contribution >= 4 is 17.7 Å². The fraction of sp³-hybridized carbons (Fsp3) is 0.632. The van der Waals surface area contributed by atoms with Gasteiger partial charge in [-0.25, -0.2) is 9.78 Å². The Morgan fingerprint density at radius 3 is 2.23 bits per heavy atom. The van der Waals surface area contributed by atoms with Crippen molar-refractivity contribution in [3.05, 3.63) is 24.0 Å². The summed E-state index contributed by atoms with van der Waals surface area (Å²) < 4.78 is 5.04. The first-order chi connectivity index (χ1) is 12.6. The summed E-state index contributed by atoms with van der Waals surface area (Å²) in [6.45, 7) is 10.6. The molecule has 0 aliphatic carbocycles. The van der Waals surface area contributed by atoms with E-state index in [1.165, 1.54) is 0 Å². The van der Waals surface area contributed by atoms with Crippen LogP contribution in [0.25, 0.3) is 0 Å². The Labute approximate surface area is 155 Å². The van der Waals surface area contributed by atoms with E-state index in [1.807, 2.05) is 17.9 Å². The Morgan fingerprint density at radius 2 is 1.73 bits per heavy atom. The molecule has 1 saturated heterocycles. The number of pyridine rings is 1. The summed E-state index contributed by atoms with van der Waals surface area (Å²) in [4.78, 5) is 34.5. The molecule has 26 heavy (non-hydrogen) atoms. The van der Waals surface area contributed by atoms with Gasteiger partial charge in [0, 0.05) is 39.3 Å². The lowest BCUT2D eigenvalue weighted by molar-refractivity contribution is 0.0749. The number of amides is 2. The topological polar surface area (TPSA) is 66.0 Å². The molecule has 0 unspecified atom stereocenters. The summed E-state index contributed by atoms with van der Waals surface area (Å²) in [7, 11) is 0. The van der Waals surface area contributed by atoms with Crippen LogP contribution in [0.1, 0.15) is 44.1 Å². The zero-order valence-electron chi connectivity index (χ0n) is 16.1. The quantitative estimate of drug-likeness (QED) is 0.746. The maximum absolute atomic E-state index is 12.6. The van der Waals surface area contributed by atoms with Gasteiger partial charge in [0.05, 0.1) is 18.5 Å². The fourth-order valence-electron chi connectivity index (χ4n) is 3.08. The van der Waals surface area contributed by atoms with E-state index in [4.69, 9.17) is 4.74 Å². The van der Waals surface area contributed by atoms with Crippen molar-refractivity contribution in [2.24, 2.45) is 0 Å². The number of carbonyl (C=O) groups excluding carboxylic acids is 2. The van der Waals surface area contributed by atoms with Crippen LogP contribution in [-0.2, 0) is 4.74 Å². The van der Waals surface area contributed by atoms with Gasteiger partial charge in [0.15, 0.2) is 0 Å². The van der Waals surface area contributed by atoms with Crippen LogP contribution in [0.4, 0.5) is 10.5 Å². The van der Waals surface area contributed by atoms with Gasteiger partial charge in [0.1, 0.15) is 5.69 Å². The van der Waals surface area contributed by atoms with Crippen LogP contribution < -0.4 is 4.90 Å². The van der Waals surface area contributed by atoms with Crippen molar-refractivity contribution in [2.45, 2.75) is 33.6 Å². The second-order valence-corrected chi connectivity index (χ2v) is 6.37. The van der Waals surface area contributed by atoms with Gasteiger partial charge >= 0.3 is 6.09 Å². The van der Waals surface area contributed by atoms with Gasteiger partial charge in [0.2, 0.25) is 0 Å². The third kappa shape index (κ3) is 5.09. The molecule has 2 rings (SSSR count). The van der Waals surface area contributed by atoms with E-state index in [0.29, 0.717) is 25.4 Å². The molecule has 0 radical (unpaired) electrons. The Bertz CT molecular complexity index is 577. The van der Waals surface area contributed by atoms with E-state index < -0.39 is 0 Å². The van der Waals surface area contributed by atoms with Crippen LogP contribution in [0.15, 0.2) is 18.3 Å². The average Bonchev–Trinajstić information content (AvgIpc) is 2.68. The number of aromatic nitrogens is 1. The molecule has 1 aromatic heterocycles. The van der Waals surface area contributed by atoms with Crippen LogP contribution in [0.2, 0.25) is 0 Å². The largest absolute Gasteiger partial charge is 0.450 e. The normalized spacial score (nSPS) is 14.3. The molecule has 2 heterocycles. The van der Waals surface area contributed by atoms with Crippen LogP contribution in [0, 0.1) is 0 Å². The predicted molar refractivity (Wildman–Crippen MR) is 102 cm³/mol. The van der Waals surface area contributed by atoms with Crippen LogP contribution in [0.3, 0.4) is 0 Å². The maximum atomic E-state index is 12.6. The third-order valence-electron chi connectivity index (χ3n) is 4.41. The van der Waals surface area contributed by atoms with E-state index in [9.17, 15) is 9.59 Å². The molecule has 1 aliphatic rings. The molecular weight excluding hydrogens is 332 g/mol. The Morgan fingerprint density at radius 1 is 1.08 bits per heavy atom. The molecule has 0 atom stereocenters. The van der Waals surface area contributed by atoms with Crippen molar-refractivity contribution in [3.8, 4) is 0 Å². The van der Waals surface area contributed by atoms with Crippen molar-refractivity contribution < 1.29 is 14.3 Å². The second-order valence-electron chi connectivity index (χ2n) is 6.37. The van der Waals surface area contributed by atoms with E-state index in [-0.39, 0.29) is 12.0 Å². The van der Waals surface area contributed by atoms with E-state index in [1.54, 1.807) is 17.2 Å². The molecule has 144 valence electrons. The number of ether oxygens (including phenoxy) is 1. The Kier molecular flexibility index (Phi) is 7.69. The number of hydrogen-bond acceptors (Lipinski definition) is 5. The summed E-state index contributed by atoms with van der Waals surface area (Å²) in [5.74, 6) is -0.00706. The molecular formula is C19H30N4O3. The number of nitrogens with zero attached hydrogens (tertiary/aromatic N) is 4. The Hall–Kier alpha value is -2.31. The zero-order chi connectivity index (χ0) is 18.9. The molecule has 1 aliphatic heterocycles. The van der Waals surface area contributed by atoms with Gasteiger partial charge in [-0.05, 0) is 31.9 Å². The highest BCUT2D eigenvalue weighted by molar-refractivity contribution is 5.92. The summed E-state index contributed by atoms with van der Waals surface area (Å²) in [6.07, 6.45) is 3.38. The first-order valence-electron chi connectivity index (χ1n) is 9.52. The van der Waals surface area contributed by atoms with Gasteiger partial charge in [-0.15, -0.1) is 0 Å². The van der Waals surface area contributed by atoms with Crippen LogP contribution in [0.5, 0.6) is 0 Å². The Balaban J connectivity index is 1.95. The van der Waals surface area contributed by atoms with Gasteiger partial charge in [0.25, 0.3) is 5.91 Å². The van der Waals surface area contributed by atoms with Gasteiger partial charge < -0.3 is 19.4 Å². The van der Waals surface area contributed by atoms with Crippen LogP contribution in [-0.4, -0.2) is 72.7 Å². The van der Waals surface area contributed by atoms with Crippen LogP contribution >= 0.6 is 0 Å². The molecule has 2 amide bonds. The SMILES string of the molecule is CCCN(CCC)C(=O)c1ccc(N2CCN(C(=O)OCC)CC2)cn1. The first-order valence-corrected chi connectivity index (χ1v) is 9.52. The summed E-state index contributed by atoms with van der Waals surface area (Å²) in [6, 6.07) is 3.74. The van der Waals surface area contributed by atoms with E-state index in [2.05, 4.69) is 23.7 Å². The lowest BCUT2D eigenvalue weighted by Gasteiger charge is -2.35. The molecule has 1 fully saturated rings. The van der Waals surface area contributed by atoms with Gasteiger partial charge in [-0.2, -0.15) is 0 Å². The van der Waals surface area contributed by atoms with Crippen molar-refractivity contribution in [2.75, 3.05) is 50.8 Å². The van der Waals surface area contributed by atoms with E-state index in [0.717, 1.165) is 44.7 Å². The fourth-order valence-corrected chi connectivity index (χ4v) is 3.08. The highest BCUT2D eigenvalue weighted by atomic mass is 16.6. The summed E-state index contributed by atoms with van der Waals surface area (Å²) in [5, 5.41) is 0. The lowest BCUT2D eigenvalue weighted by atomic mass is 10.2. The zero-order valence-corrected chi connectivity index (χ0v) is 16.1. The number of carbonyl (C=O) groups is 2. The first kappa shape index (κ1) is 20.0. The van der Waals surface area contributed by atoms with E-state index >= 15 is 0 Å². The molecule has 1 aromatic rings. The third-order valence-corrected chi connectivity index (χ3v) is 4.41. The molecule has 7 heteroatoms. The molecule has 0 N–H and O–H groups in total. The highest BCUT2D eigenvalue weighted by Crippen LogP contribution is 2.17. The highest BCUT2D eigenvalue weighted by Gasteiger charge is 2.22. The summed E-state index contributed by atoms with van der Waals surface area (Å²) >= 11 is 0. The molecule has 7 nitrogen and oxygen atoms in total. The minimum atomic E-state index is -0.252. The predicted octanol–water partition coefficient (Wildman–Crippen LogP) is 2.62. The van der Waals surface area contributed by atoms with Crippen molar-refractivity contribution in [1.29, 1.82) is 0 Å². The molecule has 0 spiro atoms. The van der Waals surface area contributed by atoms with Crippen molar-refractivity contribution in [3.63, 3.8) is 0 Å². The maximum Gasteiger partial charge on any atom is 0.409 e. The monoisotopic (exact) mass is 362 g/mol. The average molecular weight is 362 g/mol. The number of rotatable bonds is 7. The smallest absolute Gasteiger partial charge is 0.409 e. The molecule has 0 saturated carbocycles. The lowest BCUT2D eigenvalue weighted by Crippen LogP contribution is -2.49.